The van der Waals surface area contributed by atoms with Gasteiger partial charge in [0.15, 0.2) is 5.78 Å². The van der Waals surface area contributed by atoms with Crippen molar-refractivity contribution in [2.45, 2.75) is 25.9 Å². The first kappa shape index (κ1) is 14.5. The van der Waals surface area contributed by atoms with E-state index in [1.54, 1.807) is 0 Å². The number of hydrogen-bond acceptors (Lipinski definition) is 2. The average molecular weight is 345 g/mol. The summed E-state index contributed by atoms with van der Waals surface area (Å²) in [6.07, 6.45) is 1.18. The summed E-state index contributed by atoms with van der Waals surface area (Å²) in [4.78, 5) is 12.6. The van der Waals surface area contributed by atoms with Crippen LogP contribution in [0.25, 0.3) is 0 Å². The van der Waals surface area contributed by atoms with Gasteiger partial charge in [0.25, 0.3) is 0 Å². The smallest absolute Gasteiger partial charge is 0.166 e. The number of ether oxygens (including phenoxy) is 1. The third-order valence-electron chi connectivity index (χ3n) is 3.89. The summed E-state index contributed by atoms with van der Waals surface area (Å²) in [5, 5.41) is 0. The van der Waals surface area contributed by atoms with Crippen molar-refractivity contribution < 1.29 is 9.53 Å². The van der Waals surface area contributed by atoms with Crippen LogP contribution in [0.5, 0.6) is 0 Å². The fourth-order valence-electron chi connectivity index (χ4n) is 2.78. The molecule has 3 rings (SSSR count). The summed E-state index contributed by atoms with van der Waals surface area (Å²) in [7, 11) is 0. The van der Waals surface area contributed by atoms with Crippen LogP contribution in [0.1, 0.15) is 39.6 Å². The van der Waals surface area contributed by atoms with Gasteiger partial charge in [0.2, 0.25) is 0 Å². The summed E-state index contributed by atoms with van der Waals surface area (Å²) in [6, 6.07) is 14.1. The Hall–Kier alpha value is -1.45. The van der Waals surface area contributed by atoms with E-state index in [9.17, 15) is 4.79 Å². The zero-order chi connectivity index (χ0) is 14.8. The lowest BCUT2D eigenvalue weighted by molar-refractivity contribution is 0.0351. The Balaban J connectivity index is 1.84. The third-order valence-corrected chi connectivity index (χ3v) is 4.58. The van der Waals surface area contributed by atoms with Crippen molar-refractivity contribution in [2.75, 3.05) is 6.61 Å². The molecule has 0 spiro atoms. The first-order chi connectivity index (χ1) is 10.1. The van der Waals surface area contributed by atoms with E-state index in [4.69, 9.17) is 4.74 Å². The van der Waals surface area contributed by atoms with Crippen LogP contribution < -0.4 is 0 Å². The molecule has 3 heteroatoms. The van der Waals surface area contributed by atoms with Crippen LogP contribution in [0, 0.1) is 6.92 Å². The highest BCUT2D eigenvalue weighted by atomic mass is 79.9. The lowest BCUT2D eigenvalue weighted by atomic mass is 9.93. The van der Waals surface area contributed by atoms with E-state index in [1.165, 1.54) is 5.56 Å². The molecule has 0 aliphatic carbocycles. The standard InChI is InChI=1S/C18H17BrO2/c1-12-6-7-16(19)15(10-12)17(20)11-18-14-5-3-2-4-13(14)8-9-21-18/h2-7,10,18H,8-9,11H2,1H3. The molecule has 2 nitrogen and oxygen atoms in total. The van der Waals surface area contributed by atoms with Gasteiger partial charge in [-0.3, -0.25) is 4.79 Å². The quantitative estimate of drug-likeness (QED) is 0.758. The van der Waals surface area contributed by atoms with Gasteiger partial charge >= 0.3 is 0 Å². The molecule has 108 valence electrons. The summed E-state index contributed by atoms with van der Waals surface area (Å²) in [5.41, 5.74) is 4.28. The van der Waals surface area contributed by atoms with E-state index in [1.807, 2.05) is 37.3 Å². The molecule has 2 aromatic carbocycles. The van der Waals surface area contributed by atoms with Crippen molar-refractivity contribution in [2.24, 2.45) is 0 Å². The Labute approximate surface area is 133 Å². The summed E-state index contributed by atoms with van der Waals surface area (Å²) < 4.78 is 6.68. The van der Waals surface area contributed by atoms with Gasteiger partial charge in [0.1, 0.15) is 0 Å². The molecule has 0 N–H and O–H groups in total. The molecule has 0 saturated carbocycles. The number of ketones is 1. The topological polar surface area (TPSA) is 26.3 Å². The number of fused-ring (bicyclic) bond motifs is 1. The third kappa shape index (κ3) is 3.09. The second-order valence-corrected chi connectivity index (χ2v) is 6.27. The molecule has 1 atom stereocenters. The van der Waals surface area contributed by atoms with Crippen LogP contribution >= 0.6 is 15.9 Å². The van der Waals surface area contributed by atoms with Gasteiger partial charge in [-0.2, -0.15) is 0 Å². The molecule has 1 aliphatic rings. The zero-order valence-electron chi connectivity index (χ0n) is 11.9. The molecule has 1 aliphatic heterocycles. The van der Waals surface area contributed by atoms with E-state index in [2.05, 4.69) is 28.1 Å². The Kier molecular flexibility index (Phi) is 4.22. The van der Waals surface area contributed by atoms with Crippen LogP contribution in [-0.2, 0) is 11.2 Å². The zero-order valence-corrected chi connectivity index (χ0v) is 13.5. The highest BCUT2D eigenvalue weighted by molar-refractivity contribution is 9.10. The normalized spacial score (nSPS) is 17.3. The summed E-state index contributed by atoms with van der Waals surface area (Å²) in [5.74, 6) is 0.118. The number of rotatable bonds is 3. The van der Waals surface area contributed by atoms with Crippen molar-refractivity contribution in [1.82, 2.24) is 0 Å². The molecule has 1 heterocycles. The second-order valence-electron chi connectivity index (χ2n) is 5.42. The number of benzene rings is 2. The van der Waals surface area contributed by atoms with Crippen LogP contribution in [0.3, 0.4) is 0 Å². The maximum Gasteiger partial charge on any atom is 0.166 e. The molecular formula is C18H17BrO2. The van der Waals surface area contributed by atoms with Gasteiger partial charge in [0.05, 0.1) is 12.7 Å². The fourth-order valence-corrected chi connectivity index (χ4v) is 3.24. The van der Waals surface area contributed by atoms with Gasteiger partial charge in [0, 0.05) is 16.5 Å². The maximum atomic E-state index is 12.6. The predicted molar refractivity (Wildman–Crippen MR) is 86.7 cm³/mol. The minimum atomic E-state index is -0.130. The fraction of sp³-hybridized carbons (Fsp3) is 0.278. The Morgan fingerprint density at radius 3 is 2.95 bits per heavy atom. The predicted octanol–water partition coefficient (Wildman–Crippen LogP) is 4.64. The van der Waals surface area contributed by atoms with Gasteiger partial charge < -0.3 is 4.74 Å². The number of halogens is 1. The van der Waals surface area contributed by atoms with Crippen LogP contribution in [-0.4, -0.2) is 12.4 Å². The van der Waals surface area contributed by atoms with E-state index in [0.717, 1.165) is 27.6 Å². The van der Waals surface area contributed by atoms with Crippen molar-refractivity contribution >= 4 is 21.7 Å². The van der Waals surface area contributed by atoms with E-state index < -0.39 is 0 Å². The molecule has 0 bridgehead atoms. The molecular weight excluding hydrogens is 328 g/mol. The molecule has 0 aromatic heterocycles. The molecule has 21 heavy (non-hydrogen) atoms. The molecule has 0 radical (unpaired) electrons. The maximum absolute atomic E-state index is 12.6. The van der Waals surface area contributed by atoms with Crippen molar-refractivity contribution in [3.8, 4) is 0 Å². The number of carbonyl (C=O) groups excluding carboxylic acids is 1. The van der Waals surface area contributed by atoms with Crippen molar-refractivity contribution in [1.29, 1.82) is 0 Å². The Bertz CT molecular complexity index is 679. The van der Waals surface area contributed by atoms with E-state index in [-0.39, 0.29) is 11.9 Å². The van der Waals surface area contributed by atoms with Crippen molar-refractivity contribution in [3.63, 3.8) is 0 Å². The number of aryl methyl sites for hydroxylation is 1. The summed E-state index contributed by atoms with van der Waals surface area (Å²) >= 11 is 3.47. The number of Topliss-reactive ketones (excluding diaryl/α,β-unsaturated/α-hetero) is 1. The Morgan fingerprint density at radius 1 is 1.29 bits per heavy atom. The molecule has 0 saturated heterocycles. The average Bonchev–Trinajstić information content (AvgIpc) is 2.50. The lowest BCUT2D eigenvalue weighted by Crippen LogP contribution is -2.19. The van der Waals surface area contributed by atoms with Gasteiger partial charge in [-0.15, -0.1) is 0 Å². The lowest BCUT2D eigenvalue weighted by Gasteiger charge is -2.25. The van der Waals surface area contributed by atoms with Crippen LogP contribution in [0.15, 0.2) is 46.9 Å². The molecule has 2 aromatic rings. The molecule has 1 unspecified atom stereocenters. The first-order valence-corrected chi connectivity index (χ1v) is 7.93. The number of carbonyl (C=O) groups is 1. The van der Waals surface area contributed by atoms with Gasteiger partial charge in [-0.1, -0.05) is 51.8 Å². The highest BCUT2D eigenvalue weighted by Crippen LogP contribution is 2.31. The van der Waals surface area contributed by atoms with Gasteiger partial charge in [-0.05, 0) is 36.6 Å². The monoisotopic (exact) mass is 344 g/mol. The largest absolute Gasteiger partial charge is 0.373 e. The highest BCUT2D eigenvalue weighted by Gasteiger charge is 2.24. The SMILES string of the molecule is Cc1ccc(Br)c(C(=O)CC2OCCc3ccccc32)c1. The van der Waals surface area contributed by atoms with Crippen molar-refractivity contribution in [3.05, 3.63) is 69.2 Å². The summed E-state index contributed by atoms with van der Waals surface area (Å²) in [6.45, 7) is 2.68. The van der Waals surface area contributed by atoms with Crippen LogP contribution in [0.4, 0.5) is 0 Å². The first-order valence-electron chi connectivity index (χ1n) is 7.14. The van der Waals surface area contributed by atoms with Crippen LogP contribution in [0.2, 0.25) is 0 Å². The molecule has 0 fully saturated rings. The van der Waals surface area contributed by atoms with E-state index in [0.29, 0.717) is 13.0 Å². The molecule has 0 amide bonds. The minimum absolute atomic E-state index is 0.118. The van der Waals surface area contributed by atoms with E-state index >= 15 is 0 Å². The second kappa shape index (κ2) is 6.12. The minimum Gasteiger partial charge on any atom is -0.373 e. The van der Waals surface area contributed by atoms with Gasteiger partial charge in [-0.25, -0.2) is 0 Å². The number of hydrogen-bond donors (Lipinski definition) is 0. The Morgan fingerprint density at radius 2 is 2.10 bits per heavy atom.